The first-order valence-electron chi connectivity index (χ1n) is 7.29. The summed E-state index contributed by atoms with van der Waals surface area (Å²) in [5.41, 5.74) is 5.23. The Labute approximate surface area is 150 Å². The number of halogens is 1. The van der Waals surface area contributed by atoms with E-state index in [2.05, 4.69) is 25.6 Å². The maximum absolute atomic E-state index is 12.6. The van der Waals surface area contributed by atoms with Crippen LogP contribution in [0.15, 0.2) is 52.0 Å². The molecule has 1 aromatic heterocycles. The first kappa shape index (κ1) is 18.9. The van der Waals surface area contributed by atoms with E-state index in [4.69, 9.17) is 5.73 Å². The molecule has 1 atom stereocenters. The third-order valence-corrected chi connectivity index (χ3v) is 5.47. The Hall–Kier alpha value is -1.48. The fraction of sp³-hybridized carbons (Fsp3) is 0.312. The predicted octanol–water partition coefficient (Wildman–Crippen LogP) is 2.61. The minimum Gasteiger partial charge on any atom is -0.390 e. The van der Waals surface area contributed by atoms with Crippen LogP contribution in [0.4, 0.5) is 5.82 Å². The smallest absolute Gasteiger partial charge is 0.241 e. The second-order valence-corrected chi connectivity index (χ2v) is 8.71. The largest absolute Gasteiger partial charge is 0.390 e. The van der Waals surface area contributed by atoms with Crippen LogP contribution in [-0.2, 0) is 10.0 Å². The average Bonchev–Trinajstić information content (AvgIpc) is 2.48. The standard InChI is InChI=1S/C16H20BrN3O3S/c1-16(2,21)9-14(11-8-13(17)15(18)19-10-11)20-24(22,23)12-6-4-3-5-7-12/h3-8,10,14,20-21H,9H2,1-2H3,(H2,18,19). The van der Waals surface area contributed by atoms with Crippen molar-refractivity contribution in [3.63, 3.8) is 0 Å². The fourth-order valence-corrected chi connectivity index (χ4v) is 3.85. The normalized spacial score (nSPS) is 13.7. The van der Waals surface area contributed by atoms with Gasteiger partial charge in [-0.1, -0.05) is 18.2 Å². The molecule has 0 aliphatic carbocycles. The van der Waals surface area contributed by atoms with Gasteiger partial charge in [0.15, 0.2) is 0 Å². The molecule has 4 N–H and O–H groups in total. The summed E-state index contributed by atoms with van der Waals surface area (Å²) in [6.45, 7) is 3.24. The van der Waals surface area contributed by atoms with Crippen LogP contribution >= 0.6 is 15.9 Å². The fourth-order valence-electron chi connectivity index (χ4n) is 2.24. The predicted molar refractivity (Wildman–Crippen MR) is 96.8 cm³/mol. The summed E-state index contributed by atoms with van der Waals surface area (Å²) in [6, 6.07) is 9.13. The van der Waals surface area contributed by atoms with Crippen LogP contribution < -0.4 is 10.5 Å². The van der Waals surface area contributed by atoms with Gasteiger partial charge in [0.1, 0.15) is 5.82 Å². The number of nitrogens with one attached hydrogen (secondary N) is 1. The maximum Gasteiger partial charge on any atom is 0.241 e. The van der Waals surface area contributed by atoms with E-state index in [0.29, 0.717) is 15.9 Å². The number of hydrogen-bond acceptors (Lipinski definition) is 5. The van der Waals surface area contributed by atoms with E-state index < -0.39 is 21.7 Å². The summed E-state index contributed by atoms with van der Waals surface area (Å²) in [5.74, 6) is 0.312. The Morgan fingerprint density at radius 1 is 1.33 bits per heavy atom. The van der Waals surface area contributed by atoms with Crippen molar-refractivity contribution in [2.24, 2.45) is 0 Å². The van der Waals surface area contributed by atoms with Gasteiger partial charge in [0.05, 0.1) is 21.0 Å². The van der Waals surface area contributed by atoms with Crippen LogP contribution in [0.3, 0.4) is 0 Å². The van der Waals surface area contributed by atoms with E-state index in [1.807, 2.05) is 0 Å². The zero-order valence-electron chi connectivity index (χ0n) is 13.4. The van der Waals surface area contributed by atoms with Crippen LogP contribution in [0, 0.1) is 0 Å². The Morgan fingerprint density at radius 3 is 2.50 bits per heavy atom. The molecule has 0 aliphatic rings. The van der Waals surface area contributed by atoms with Gasteiger partial charge in [0.25, 0.3) is 0 Å². The van der Waals surface area contributed by atoms with Gasteiger partial charge in [-0.2, -0.15) is 0 Å². The molecule has 24 heavy (non-hydrogen) atoms. The second kappa shape index (κ2) is 7.18. The van der Waals surface area contributed by atoms with Gasteiger partial charge >= 0.3 is 0 Å². The highest BCUT2D eigenvalue weighted by Crippen LogP contribution is 2.28. The molecule has 0 saturated heterocycles. The van der Waals surface area contributed by atoms with Gasteiger partial charge in [-0.05, 0) is 60.0 Å². The Bertz CT molecular complexity index is 805. The number of nitrogen functional groups attached to an aromatic ring is 1. The number of anilines is 1. The molecule has 0 aliphatic heterocycles. The monoisotopic (exact) mass is 413 g/mol. The van der Waals surface area contributed by atoms with Crippen LogP contribution in [0.5, 0.6) is 0 Å². The van der Waals surface area contributed by atoms with Gasteiger partial charge in [0, 0.05) is 6.20 Å². The summed E-state index contributed by atoms with van der Waals surface area (Å²) in [5, 5.41) is 10.1. The van der Waals surface area contributed by atoms with Crippen molar-refractivity contribution < 1.29 is 13.5 Å². The zero-order valence-corrected chi connectivity index (χ0v) is 15.8. The molecule has 0 fully saturated rings. The van der Waals surface area contributed by atoms with Gasteiger partial charge in [-0.15, -0.1) is 0 Å². The lowest BCUT2D eigenvalue weighted by atomic mass is 9.95. The van der Waals surface area contributed by atoms with Crippen LogP contribution in [-0.4, -0.2) is 24.1 Å². The molecule has 0 bridgehead atoms. The molecule has 1 aromatic carbocycles. The number of hydrogen-bond donors (Lipinski definition) is 3. The number of nitrogens with two attached hydrogens (primary N) is 1. The van der Waals surface area contributed by atoms with Crippen molar-refractivity contribution in [3.8, 4) is 0 Å². The van der Waals surface area contributed by atoms with E-state index in [0.717, 1.165) is 0 Å². The van der Waals surface area contributed by atoms with E-state index in [-0.39, 0.29) is 11.3 Å². The van der Waals surface area contributed by atoms with Crippen molar-refractivity contribution in [3.05, 3.63) is 52.6 Å². The minimum atomic E-state index is -3.74. The average molecular weight is 414 g/mol. The number of pyridine rings is 1. The lowest BCUT2D eigenvalue weighted by Gasteiger charge is -2.26. The zero-order chi connectivity index (χ0) is 18.0. The quantitative estimate of drug-likeness (QED) is 0.674. The SMILES string of the molecule is CC(C)(O)CC(NS(=O)(=O)c1ccccc1)c1cnc(N)c(Br)c1. The first-order valence-corrected chi connectivity index (χ1v) is 9.57. The molecule has 0 amide bonds. The third-order valence-electron chi connectivity index (χ3n) is 3.35. The number of sulfonamides is 1. The minimum absolute atomic E-state index is 0.160. The highest BCUT2D eigenvalue weighted by atomic mass is 79.9. The third kappa shape index (κ3) is 5.01. The molecule has 0 radical (unpaired) electrons. The van der Waals surface area contributed by atoms with Crippen molar-refractivity contribution in [2.45, 2.75) is 36.8 Å². The van der Waals surface area contributed by atoms with E-state index in [1.165, 1.54) is 18.3 Å². The number of nitrogens with zero attached hydrogens (tertiary/aromatic N) is 1. The van der Waals surface area contributed by atoms with Gasteiger partial charge in [0.2, 0.25) is 10.0 Å². The van der Waals surface area contributed by atoms with Crippen molar-refractivity contribution >= 4 is 31.8 Å². The van der Waals surface area contributed by atoms with E-state index in [9.17, 15) is 13.5 Å². The summed E-state index contributed by atoms with van der Waals surface area (Å²) < 4.78 is 28.4. The molecule has 0 spiro atoms. The molecule has 6 nitrogen and oxygen atoms in total. The van der Waals surface area contributed by atoms with Crippen molar-refractivity contribution in [1.82, 2.24) is 9.71 Å². The summed E-state index contributed by atoms with van der Waals surface area (Å²) in [7, 11) is -3.74. The molecular weight excluding hydrogens is 394 g/mol. The molecule has 0 saturated carbocycles. The van der Waals surface area contributed by atoms with Crippen LogP contribution in [0.2, 0.25) is 0 Å². The molecule has 2 aromatic rings. The lowest BCUT2D eigenvalue weighted by Crippen LogP contribution is -2.34. The Kier molecular flexibility index (Phi) is 5.64. The Balaban J connectivity index is 2.38. The van der Waals surface area contributed by atoms with Crippen molar-refractivity contribution in [1.29, 1.82) is 0 Å². The molecule has 1 heterocycles. The highest BCUT2D eigenvalue weighted by molar-refractivity contribution is 9.10. The summed E-state index contributed by atoms with van der Waals surface area (Å²) in [4.78, 5) is 4.21. The molecule has 8 heteroatoms. The summed E-state index contributed by atoms with van der Waals surface area (Å²) >= 11 is 3.29. The molecular formula is C16H20BrN3O3S. The van der Waals surface area contributed by atoms with E-state index >= 15 is 0 Å². The van der Waals surface area contributed by atoms with Crippen LogP contribution in [0.1, 0.15) is 31.9 Å². The van der Waals surface area contributed by atoms with Gasteiger partial charge in [-0.25, -0.2) is 18.1 Å². The first-order chi connectivity index (χ1) is 11.1. The number of aromatic nitrogens is 1. The maximum atomic E-state index is 12.6. The number of benzene rings is 1. The molecule has 2 rings (SSSR count). The lowest BCUT2D eigenvalue weighted by molar-refractivity contribution is 0.0617. The van der Waals surface area contributed by atoms with Crippen LogP contribution in [0.25, 0.3) is 0 Å². The Morgan fingerprint density at radius 2 is 1.96 bits per heavy atom. The molecule has 1 unspecified atom stereocenters. The van der Waals surface area contributed by atoms with Gasteiger partial charge in [-0.3, -0.25) is 0 Å². The number of rotatable bonds is 6. The van der Waals surface area contributed by atoms with E-state index in [1.54, 1.807) is 38.1 Å². The second-order valence-electron chi connectivity index (χ2n) is 6.14. The number of aliphatic hydroxyl groups is 1. The van der Waals surface area contributed by atoms with Gasteiger partial charge < -0.3 is 10.8 Å². The summed E-state index contributed by atoms with van der Waals surface area (Å²) in [6.07, 6.45) is 1.68. The highest BCUT2D eigenvalue weighted by Gasteiger charge is 2.27. The topological polar surface area (TPSA) is 105 Å². The van der Waals surface area contributed by atoms with Crippen molar-refractivity contribution in [2.75, 3.05) is 5.73 Å². The molecule has 130 valence electrons.